The lowest BCUT2D eigenvalue weighted by Gasteiger charge is -2.29. The predicted octanol–water partition coefficient (Wildman–Crippen LogP) is 17.1. The molecule has 0 aromatic heterocycles. The third-order valence-electron chi connectivity index (χ3n) is 12.9. The van der Waals surface area contributed by atoms with Crippen LogP contribution in [0.1, 0.15) is 264 Å². The molecule has 0 spiro atoms. The van der Waals surface area contributed by atoms with Gasteiger partial charge in [0.15, 0.2) is 0 Å². The maximum absolute atomic E-state index is 13.0. The number of nitrogens with zero attached hydrogens (tertiary/aromatic N) is 1. The molecule has 0 aromatic rings. The Morgan fingerprint density at radius 3 is 1.28 bits per heavy atom. The zero-order chi connectivity index (χ0) is 50.6. The molecule has 0 saturated heterocycles. The first-order valence-electron chi connectivity index (χ1n) is 29.2. The lowest BCUT2D eigenvalue weighted by molar-refractivity contribution is -0.870. The summed E-state index contributed by atoms with van der Waals surface area (Å²) in [5, 5.41) is 13.9. The van der Waals surface area contributed by atoms with Gasteiger partial charge in [0, 0.05) is 6.42 Å². The number of aliphatic hydroxyl groups is 1. The number of rotatable bonds is 53. The second-order valence-corrected chi connectivity index (χ2v) is 22.4. The Labute approximate surface area is 428 Å². The molecule has 2 N–H and O–H groups in total. The van der Waals surface area contributed by atoms with Crippen LogP contribution in [0.4, 0.5) is 0 Å². The fourth-order valence-electron chi connectivity index (χ4n) is 8.35. The van der Waals surface area contributed by atoms with Gasteiger partial charge in [-0.15, -0.1) is 0 Å². The number of carbonyl (C=O) groups is 1. The van der Waals surface area contributed by atoms with Gasteiger partial charge in [-0.3, -0.25) is 9.36 Å². The van der Waals surface area contributed by atoms with Crippen LogP contribution < -0.4 is 10.2 Å². The molecule has 0 heterocycles. The van der Waals surface area contributed by atoms with E-state index in [4.69, 9.17) is 9.05 Å². The number of quaternary nitrogens is 1. The Hall–Kier alpha value is -1.80. The summed E-state index contributed by atoms with van der Waals surface area (Å²) in [6.07, 6.45) is 68.7. The molecular weight excluding hydrogens is 876 g/mol. The number of nitrogens with one attached hydrogen (secondary N) is 1. The molecule has 69 heavy (non-hydrogen) atoms. The number of carbonyl (C=O) groups excluding carboxylic acids is 1. The average Bonchev–Trinajstić information content (AvgIpc) is 3.31. The molecule has 0 aliphatic carbocycles. The van der Waals surface area contributed by atoms with E-state index in [1.54, 1.807) is 6.08 Å². The van der Waals surface area contributed by atoms with E-state index in [2.05, 4.69) is 67.8 Å². The summed E-state index contributed by atoms with van der Waals surface area (Å²) in [4.78, 5) is 25.5. The molecule has 0 bridgehead atoms. The van der Waals surface area contributed by atoms with Crippen molar-refractivity contribution >= 4 is 13.7 Å². The molecule has 0 radical (unpaired) electrons. The van der Waals surface area contributed by atoms with E-state index in [0.717, 1.165) is 64.2 Å². The van der Waals surface area contributed by atoms with Crippen LogP contribution in [0, 0.1) is 0 Å². The van der Waals surface area contributed by atoms with Gasteiger partial charge >= 0.3 is 0 Å². The third kappa shape index (κ3) is 53.8. The Morgan fingerprint density at radius 2 is 0.855 bits per heavy atom. The van der Waals surface area contributed by atoms with Crippen molar-refractivity contribution in [2.24, 2.45) is 0 Å². The lowest BCUT2D eigenvalue weighted by Crippen LogP contribution is -2.45. The third-order valence-corrected chi connectivity index (χ3v) is 13.9. The number of phosphoric ester groups is 1. The monoisotopic (exact) mass is 989 g/mol. The number of allylic oxidation sites excluding steroid dienone is 9. The van der Waals surface area contributed by atoms with Crippen molar-refractivity contribution < 1.29 is 32.9 Å². The standard InChI is InChI=1S/C60H113N2O6P/c1-6-8-10-12-14-16-18-20-22-24-26-28-29-30-31-32-34-35-37-39-41-43-45-47-49-51-53-59(63)58(57-68-69(65,66)67-56-55-62(3,4)5)61-60(64)54-52-50-48-46-44-42-40-38-36-33-27-25-23-21-19-17-15-13-11-9-7-2/h19,21,25,27,36,38,43,45,51,53,58-59,63H,6-18,20,22-24,26,28-35,37,39-42,44,46-50,52,54-57H2,1-5H3,(H-,61,64,65,66)/b21-19-,27-25-,38-36-,45-43+,53-51+. The van der Waals surface area contributed by atoms with Crippen LogP contribution in [-0.4, -0.2) is 68.5 Å². The number of amides is 1. The molecule has 3 atom stereocenters. The molecule has 0 aromatic carbocycles. The molecule has 9 heteroatoms. The first kappa shape index (κ1) is 67.2. The van der Waals surface area contributed by atoms with Gasteiger partial charge in [0.2, 0.25) is 5.91 Å². The van der Waals surface area contributed by atoms with Crippen LogP contribution in [-0.2, 0) is 18.4 Å². The number of unbranched alkanes of at least 4 members (excludes halogenated alkanes) is 32. The fraction of sp³-hybridized carbons (Fsp3) is 0.817. The van der Waals surface area contributed by atoms with Gasteiger partial charge in [-0.05, 0) is 70.6 Å². The molecule has 1 amide bonds. The van der Waals surface area contributed by atoms with Crippen molar-refractivity contribution in [3.8, 4) is 0 Å². The van der Waals surface area contributed by atoms with Crippen LogP contribution >= 0.6 is 7.82 Å². The largest absolute Gasteiger partial charge is 0.756 e. The van der Waals surface area contributed by atoms with Gasteiger partial charge in [0.05, 0.1) is 39.9 Å². The minimum atomic E-state index is -4.61. The molecule has 0 aliphatic rings. The summed E-state index contributed by atoms with van der Waals surface area (Å²) in [7, 11) is 1.23. The van der Waals surface area contributed by atoms with Gasteiger partial charge in [-0.25, -0.2) is 0 Å². The Kier molecular flexibility index (Phi) is 49.8. The van der Waals surface area contributed by atoms with Crippen molar-refractivity contribution in [3.05, 3.63) is 60.8 Å². The van der Waals surface area contributed by atoms with Gasteiger partial charge in [0.1, 0.15) is 13.2 Å². The summed E-state index contributed by atoms with van der Waals surface area (Å²) in [5.74, 6) is -0.219. The van der Waals surface area contributed by atoms with Crippen LogP contribution in [0.5, 0.6) is 0 Å². The summed E-state index contributed by atoms with van der Waals surface area (Å²) >= 11 is 0. The molecule has 0 aliphatic heterocycles. The van der Waals surface area contributed by atoms with Gasteiger partial charge < -0.3 is 28.8 Å². The molecule has 8 nitrogen and oxygen atoms in total. The number of hydrogen-bond donors (Lipinski definition) is 2. The number of hydrogen-bond acceptors (Lipinski definition) is 6. The number of likely N-dealkylation sites (N-methyl/N-ethyl adjacent to an activating group) is 1. The van der Waals surface area contributed by atoms with Crippen LogP contribution in [0.2, 0.25) is 0 Å². The fourth-order valence-corrected chi connectivity index (χ4v) is 9.08. The van der Waals surface area contributed by atoms with E-state index in [1.807, 2.05) is 27.2 Å². The summed E-state index contributed by atoms with van der Waals surface area (Å²) in [5.41, 5.74) is 0. The van der Waals surface area contributed by atoms with E-state index in [9.17, 15) is 19.4 Å². The molecular formula is C60H113N2O6P. The summed E-state index contributed by atoms with van der Waals surface area (Å²) < 4.78 is 23.3. The average molecular weight is 990 g/mol. The highest BCUT2D eigenvalue weighted by Crippen LogP contribution is 2.38. The summed E-state index contributed by atoms with van der Waals surface area (Å²) in [6, 6.07) is -0.914. The van der Waals surface area contributed by atoms with Crippen molar-refractivity contribution in [3.63, 3.8) is 0 Å². The SMILES string of the molecule is CCCCCCC/C=C\C/C=C\C/C=C\CCCCCCCCC(=O)NC(COP(=O)([O-])OCC[N+](C)(C)C)C(O)/C=C/CC/C=C/CCCCCCCCCCCCCCCCCCCCCC. The van der Waals surface area contributed by atoms with Crippen molar-refractivity contribution in [1.29, 1.82) is 0 Å². The predicted molar refractivity (Wildman–Crippen MR) is 297 cm³/mol. The minimum Gasteiger partial charge on any atom is -0.756 e. The second kappa shape index (κ2) is 51.1. The Bertz CT molecular complexity index is 1310. The smallest absolute Gasteiger partial charge is 0.268 e. The Balaban J connectivity index is 4.28. The van der Waals surface area contributed by atoms with Crippen molar-refractivity contribution in [2.75, 3.05) is 40.9 Å². The first-order chi connectivity index (χ1) is 33.5. The van der Waals surface area contributed by atoms with Gasteiger partial charge in [-0.1, -0.05) is 248 Å². The van der Waals surface area contributed by atoms with Gasteiger partial charge in [-0.2, -0.15) is 0 Å². The van der Waals surface area contributed by atoms with E-state index in [1.165, 1.54) is 180 Å². The lowest BCUT2D eigenvalue weighted by atomic mass is 10.0. The van der Waals surface area contributed by atoms with Gasteiger partial charge in [0.25, 0.3) is 7.82 Å². The maximum Gasteiger partial charge on any atom is 0.268 e. The topological polar surface area (TPSA) is 108 Å². The molecule has 0 saturated carbocycles. The quantitative estimate of drug-likeness (QED) is 0.0272. The molecule has 3 unspecified atom stereocenters. The normalized spacial score (nSPS) is 14.4. The molecule has 0 rings (SSSR count). The second-order valence-electron chi connectivity index (χ2n) is 21.0. The van der Waals surface area contributed by atoms with Crippen LogP contribution in [0.25, 0.3) is 0 Å². The first-order valence-corrected chi connectivity index (χ1v) is 30.6. The minimum absolute atomic E-state index is 0.0111. The highest BCUT2D eigenvalue weighted by molar-refractivity contribution is 7.45. The summed E-state index contributed by atoms with van der Waals surface area (Å²) in [6.45, 7) is 4.63. The van der Waals surface area contributed by atoms with E-state index in [-0.39, 0.29) is 12.5 Å². The Morgan fingerprint density at radius 1 is 0.507 bits per heavy atom. The highest BCUT2D eigenvalue weighted by Gasteiger charge is 2.23. The number of phosphoric acid groups is 1. The highest BCUT2D eigenvalue weighted by atomic mass is 31.2. The van der Waals surface area contributed by atoms with E-state index in [0.29, 0.717) is 17.4 Å². The van der Waals surface area contributed by atoms with E-state index < -0.39 is 26.6 Å². The van der Waals surface area contributed by atoms with Crippen molar-refractivity contribution in [2.45, 2.75) is 276 Å². The van der Waals surface area contributed by atoms with Crippen LogP contribution in [0.3, 0.4) is 0 Å². The molecule has 0 fully saturated rings. The number of aliphatic hydroxyl groups excluding tert-OH is 1. The van der Waals surface area contributed by atoms with E-state index >= 15 is 0 Å². The zero-order valence-corrected chi connectivity index (χ0v) is 46.9. The zero-order valence-electron chi connectivity index (χ0n) is 46.0. The van der Waals surface area contributed by atoms with Crippen LogP contribution in [0.15, 0.2) is 60.8 Å². The molecule has 404 valence electrons. The van der Waals surface area contributed by atoms with Crippen molar-refractivity contribution in [1.82, 2.24) is 5.32 Å². The maximum atomic E-state index is 13.0.